The summed E-state index contributed by atoms with van der Waals surface area (Å²) < 4.78 is 0. The zero-order valence-corrected chi connectivity index (χ0v) is 11.2. The Bertz CT molecular complexity index is 424. The highest BCUT2D eigenvalue weighted by atomic mass is 16.4. The molecule has 1 aliphatic rings. The number of para-hydroxylation sites is 1. The lowest BCUT2D eigenvalue weighted by Crippen LogP contribution is -2.51. The molecule has 0 aromatic heterocycles. The van der Waals surface area contributed by atoms with Crippen LogP contribution >= 0.6 is 0 Å². The maximum Gasteiger partial charge on any atom is 0.309 e. The van der Waals surface area contributed by atoms with Crippen LogP contribution in [0.5, 0.6) is 0 Å². The minimum atomic E-state index is -1.06. The van der Waals surface area contributed by atoms with Crippen molar-refractivity contribution in [2.75, 3.05) is 18.0 Å². The first-order chi connectivity index (χ1) is 9.07. The van der Waals surface area contributed by atoms with Crippen LogP contribution < -0.4 is 4.90 Å². The van der Waals surface area contributed by atoms with Gasteiger partial charge < -0.3 is 15.1 Å². The molecule has 19 heavy (non-hydrogen) atoms. The number of benzene rings is 1. The molecule has 2 rings (SSSR count). The van der Waals surface area contributed by atoms with Gasteiger partial charge in [-0.3, -0.25) is 4.79 Å². The van der Waals surface area contributed by atoms with Crippen molar-refractivity contribution in [3.63, 3.8) is 0 Å². The SMILES string of the molecule is CCC(C(=O)O)C1(O)CCN(c2ccccc2)CC1. The molecular weight excluding hydrogens is 242 g/mol. The molecule has 1 unspecified atom stereocenters. The molecule has 4 nitrogen and oxygen atoms in total. The van der Waals surface area contributed by atoms with Crippen molar-refractivity contribution in [1.29, 1.82) is 0 Å². The molecule has 2 N–H and O–H groups in total. The number of aliphatic hydroxyl groups is 1. The minimum Gasteiger partial charge on any atom is -0.481 e. The Morgan fingerprint density at radius 2 is 1.89 bits per heavy atom. The van der Waals surface area contributed by atoms with Gasteiger partial charge in [-0.1, -0.05) is 25.1 Å². The van der Waals surface area contributed by atoms with Crippen LogP contribution in [0, 0.1) is 5.92 Å². The molecule has 1 fully saturated rings. The van der Waals surface area contributed by atoms with Gasteiger partial charge >= 0.3 is 5.97 Å². The van der Waals surface area contributed by atoms with Crippen LogP contribution in [0.1, 0.15) is 26.2 Å². The highest BCUT2D eigenvalue weighted by Crippen LogP contribution is 2.33. The van der Waals surface area contributed by atoms with Gasteiger partial charge in [0.25, 0.3) is 0 Å². The molecule has 0 aliphatic carbocycles. The Morgan fingerprint density at radius 3 is 2.37 bits per heavy atom. The van der Waals surface area contributed by atoms with Crippen LogP contribution in [0.4, 0.5) is 5.69 Å². The van der Waals surface area contributed by atoms with Crippen LogP contribution in [0.15, 0.2) is 30.3 Å². The molecule has 0 spiro atoms. The third-order valence-corrected chi connectivity index (χ3v) is 4.11. The largest absolute Gasteiger partial charge is 0.481 e. The predicted octanol–water partition coefficient (Wildman–Crippen LogP) is 2.13. The van der Waals surface area contributed by atoms with Gasteiger partial charge in [0, 0.05) is 18.8 Å². The topological polar surface area (TPSA) is 60.8 Å². The second kappa shape index (κ2) is 5.61. The lowest BCUT2D eigenvalue weighted by Gasteiger charge is -2.42. The average molecular weight is 263 g/mol. The van der Waals surface area contributed by atoms with Gasteiger partial charge in [0.15, 0.2) is 0 Å². The van der Waals surface area contributed by atoms with E-state index in [4.69, 9.17) is 0 Å². The van der Waals surface area contributed by atoms with Crippen molar-refractivity contribution in [1.82, 2.24) is 0 Å². The van der Waals surface area contributed by atoms with Gasteiger partial charge in [-0.2, -0.15) is 0 Å². The monoisotopic (exact) mass is 263 g/mol. The summed E-state index contributed by atoms with van der Waals surface area (Å²) >= 11 is 0. The molecule has 0 amide bonds. The van der Waals surface area contributed by atoms with Crippen LogP contribution in [0.3, 0.4) is 0 Å². The quantitative estimate of drug-likeness (QED) is 0.873. The lowest BCUT2D eigenvalue weighted by atomic mass is 9.78. The Hall–Kier alpha value is -1.55. The summed E-state index contributed by atoms with van der Waals surface area (Å²) in [6, 6.07) is 10.0. The Balaban J connectivity index is 2.04. The first-order valence-corrected chi connectivity index (χ1v) is 6.82. The van der Waals surface area contributed by atoms with Crippen LogP contribution in [0.2, 0.25) is 0 Å². The summed E-state index contributed by atoms with van der Waals surface area (Å²) in [4.78, 5) is 13.4. The zero-order valence-electron chi connectivity index (χ0n) is 11.2. The first-order valence-electron chi connectivity index (χ1n) is 6.82. The smallest absolute Gasteiger partial charge is 0.309 e. The molecule has 1 atom stereocenters. The Labute approximate surface area is 113 Å². The van der Waals surface area contributed by atoms with Crippen molar-refractivity contribution in [3.05, 3.63) is 30.3 Å². The third kappa shape index (κ3) is 2.89. The molecule has 1 heterocycles. The summed E-state index contributed by atoms with van der Waals surface area (Å²) in [5.74, 6) is -1.55. The number of hydrogen-bond acceptors (Lipinski definition) is 3. The Morgan fingerprint density at radius 1 is 1.32 bits per heavy atom. The van der Waals surface area contributed by atoms with Crippen molar-refractivity contribution in [2.45, 2.75) is 31.8 Å². The van der Waals surface area contributed by atoms with E-state index in [-0.39, 0.29) is 0 Å². The molecule has 1 aliphatic heterocycles. The van der Waals surface area contributed by atoms with E-state index in [1.165, 1.54) is 0 Å². The number of rotatable bonds is 4. The number of piperidine rings is 1. The number of aliphatic carboxylic acids is 1. The normalized spacial score (nSPS) is 20.0. The predicted molar refractivity (Wildman–Crippen MR) is 74.3 cm³/mol. The van der Waals surface area contributed by atoms with Gasteiger partial charge in [0.1, 0.15) is 0 Å². The van der Waals surface area contributed by atoms with Crippen molar-refractivity contribution < 1.29 is 15.0 Å². The molecule has 1 saturated heterocycles. The average Bonchev–Trinajstić information content (AvgIpc) is 2.40. The molecule has 1 aromatic carbocycles. The number of carbonyl (C=O) groups is 1. The number of nitrogens with zero attached hydrogens (tertiary/aromatic N) is 1. The number of anilines is 1. The second-order valence-corrected chi connectivity index (χ2v) is 5.23. The first kappa shape index (κ1) is 13.9. The molecule has 104 valence electrons. The number of carboxylic acid groups (broad SMARTS) is 1. The molecule has 0 radical (unpaired) electrons. The van der Waals surface area contributed by atoms with E-state index in [0.29, 0.717) is 32.4 Å². The summed E-state index contributed by atoms with van der Waals surface area (Å²) in [6.07, 6.45) is 1.48. The van der Waals surface area contributed by atoms with Gasteiger partial charge in [0.2, 0.25) is 0 Å². The fourth-order valence-corrected chi connectivity index (χ4v) is 2.92. The van der Waals surface area contributed by atoms with E-state index in [2.05, 4.69) is 4.90 Å². The number of hydrogen-bond donors (Lipinski definition) is 2. The maximum atomic E-state index is 11.2. The van der Waals surface area contributed by atoms with Gasteiger partial charge in [-0.25, -0.2) is 0 Å². The Kier molecular flexibility index (Phi) is 4.10. The fourth-order valence-electron chi connectivity index (χ4n) is 2.92. The lowest BCUT2D eigenvalue weighted by molar-refractivity contribution is -0.154. The van der Waals surface area contributed by atoms with Crippen LogP contribution in [0.25, 0.3) is 0 Å². The van der Waals surface area contributed by atoms with E-state index in [9.17, 15) is 15.0 Å². The summed E-state index contributed by atoms with van der Waals surface area (Å²) in [6.45, 7) is 3.22. The molecule has 0 bridgehead atoms. The summed E-state index contributed by atoms with van der Waals surface area (Å²) in [7, 11) is 0. The molecule has 0 saturated carbocycles. The van der Waals surface area contributed by atoms with Crippen molar-refractivity contribution in [2.24, 2.45) is 5.92 Å². The number of carboxylic acids is 1. The van der Waals surface area contributed by atoms with E-state index in [1.54, 1.807) is 0 Å². The van der Waals surface area contributed by atoms with Gasteiger partial charge in [-0.15, -0.1) is 0 Å². The fraction of sp³-hybridized carbons (Fsp3) is 0.533. The highest BCUT2D eigenvalue weighted by Gasteiger charge is 2.42. The molecule has 4 heteroatoms. The van der Waals surface area contributed by atoms with Crippen molar-refractivity contribution in [3.8, 4) is 0 Å². The van der Waals surface area contributed by atoms with E-state index >= 15 is 0 Å². The molecule has 1 aromatic rings. The zero-order chi connectivity index (χ0) is 13.9. The standard InChI is InChI=1S/C15H21NO3/c1-2-13(14(17)18)15(19)8-10-16(11-9-15)12-6-4-3-5-7-12/h3-7,13,19H,2,8-11H2,1H3,(H,17,18). The maximum absolute atomic E-state index is 11.2. The van der Waals surface area contributed by atoms with Crippen molar-refractivity contribution >= 4 is 11.7 Å². The van der Waals surface area contributed by atoms with Crippen LogP contribution in [-0.2, 0) is 4.79 Å². The van der Waals surface area contributed by atoms with Gasteiger partial charge in [0.05, 0.1) is 11.5 Å². The third-order valence-electron chi connectivity index (χ3n) is 4.11. The molecular formula is C15H21NO3. The van der Waals surface area contributed by atoms with E-state index in [0.717, 1.165) is 5.69 Å². The van der Waals surface area contributed by atoms with E-state index < -0.39 is 17.5 Å². The van der Waals surface area contributed by atoms with Crippen LogP contribution in [-0.4, -0.2) is 34.9 Å². The second-order valence-electron chi connectivity index (χ2n) is 5.23. The summed E-state index contributed by atoms with van der Waals surface area (Å²) in [5.41, 5.74) is 0.0687. The van der Waals surface area contributed by atoms with E-state index in [1.807, 2.05) is 37.3 Å². The van der Waals surface area contributed by atoms with Gasteiger partial charge in [-0.05, 0) is 31.4 Å². The summed E-state index contributed by atoms with van der Waals surface area (Å²) in [5, 5.41) is 19.8. The highest BCUT2D eigenvalue weighted by molar-refractivity contribution is 5.71. The minimum absolute atomic E-state index is 0.469.